The summed E-state index contributed by atoms with van der Waals surface area (Å²) in [6.07, 6.45) is 1.21. The summed E-state index contributed by atoms with van der Waals surface area (Å²) in [5, 5.41) is 8.79. The molecule has 1 aromatic rings. The van der Waals surface area contributed by atoms with Crippen molar-refractivity contribution in [3.8, 4) is 6.07 Å². The standard InChI is InChI=1S/C11H11FN2/c12-11-4-1-3-9(10(11)7-13)8-14-5-2-6-14/h1,3-4H,2,5-6,8H2. The van der Waals surface area contributed by atoms with Crippen molar-refractivity contribution < 1.29 is 4.39 Å². The van der Waals surface area contributed by atoms with Gasteiger partial charge in [0.15, 0.2) is 0 Å². The number of hydrogen-bond donors (Lipinski definition) is 0. The maximum Gasteiger partial charge on any atom is 0.141 e. The van der Waals surface area contributed by atoms with Crippen molar-refractivity contribution in [1.82, 2.24) is 4.90 Å². The Morgan fingerprint density at radius 1 is 1.43 bits per heavy atom. The van der Waals surface area contributed by atoms with E-state index in [4.69, 9.17) is 5.26 Å². The van der Waals surface area contributed by atoms with Crippen molar-refractivity contribution in [3.63, 3.8) is 0 Å². The molecule has 1 fully saturated rings. The summed E-state index contributed by atoms with van der Waals surface area (Å²) < 4.78 is 13.2. The van der Waals surface area contributed by atoms with Crippen LogP contribution < -0.4 is 0 Å². The molecule has 1 aliphatic heterocycles. The Bertz CT molecular complexity index is 377. The second-order valence-corrected chi connectivity index (χ2v) is 3.52. The maximum absolute atomic E-state index is 13.2. The molecule has 1 saturated heterocycles. The van der Waals surface area contributed by atoms with Crippen molar-refractivity contribution in [2.45, 2.75) is 13.0 Å². The van der Waals surface area contributed by atoms with Crippen molar-refractivity contribution in [1.29, 1.82) is 5.26 Å². The molecular formula is C11H11FN2. The number of halogens is 1. The van der Waals surface area contributed by atoms with Gasteiger partial charge < -0.3 is 0 Å². The van der Waals surface area contributed by atoms with E-state index in [0.29, 0.717) is 6.54 Å². The van der Waals surface area contributed by atoms with Gasteiger partial charge in [-0.3, -0.25) is 4.90 Å². The molecule has 0 atom stereocenters. The van der Waals surface area contributed by atoms with E-state index in [2.05, 4.69) is 4.90 Å². The number of rotatable bonds is 2. The molecule has 2 nitrogen and oxygen atoms in total. The first-order valence-electron chi connectivity index (χ1n) is 4.71. The summed E-state index contributed by atoms with van der Waals surface area (Å²) >= 11 is 0. The Hall–Kier alpha value is -1.40. The number of likely N-dealkylation sites (tertiary alicyclic amines) is 1. The number of nitriles is 1. The zero-order valence-corrected chi connectivity index (χ0v) is 7.83. The predicted molar refractivity (Wildman–Crippen MR) is 51.0 cm³/mol. The van der Waals surface area contributed by atoms with Gasteiger partial charge >= 0.3 is 0 Å². The van der Waals surface area contributed by atoms with E-state index in [0.717, 1.165) is 18.7 Å². The van der Waals surface area contributed by atoms with E-state index < -0.39 is 5.82 Å². The molecule has 0 amide bonds. The van der Waals surface area contributed by atoms with E-state index in [1.54, 1.807) is 6.07 Å². The third kappa shape index (κ3) is 1.61. The molecule has 2 rings (SSSR count). The molecule has 1 aromatic carbocycles. The first kappa shape index (κ1) is 9.17. The van der Waals surface area contributed by atoms with Gasteiger partial charge in [-0.1, -0.05) is 12.1 Å². The first-order valence-corrected chi connectivity index (χ1v) is 4.71. The van der Waals surface area contributed by atoms with Crippen LogP contribution in [0.3, 0.4) is 0 Å². The van der Waals surface area contributed by atoms with Gasteiger partial charge in [0.1, 0.15) is 11.9 Å². The minimum absolute atomic E-state index is 0.194. The van der Waals surface area contributed by atoms with Crippen LogP contribution in [0.15, 0.2) is 18.2 Å². The Morgan fingerprint density at radius 3 is 2.79 bits per heavy atom. The van der Waals surface area contributed by atoms with Crippen molar-refractivity contribution in [2.24, 2.45) is 0 Å². The molecule has 14 heavy (non-hydrogen) atoms. The molecule has 0 aliphatic carbocycles. The van der Waals surface area contributed by atoms with Gasteiger partial charge in [-0.15, -0.1) is 0 Å². The van der Waals surface area contributed by atoms with Crippen molar-refractivity contribution >= 4 is 0 Å². The minimum atomic E-state index is -0.412. The van der Waals surface area contributed by atoms with E-state index in [1.165, 1.54) is 12.5 Å². The Balaban J connectivity index is 2.23. The van der Waals surface area contributed by atoms with E-state index in [1.807, 2.05) is 12.1 Å². The van der Waals surface area contributed by atoms with Gasteiger partial charge in [0.2, 0.25) is 0 Å². The lowest BCUT2D eigenvalue weighted by Gasteiger charge is -2.30. The lowest BCUT2D eigenvalue weighted by Crippen LogP contribution is -2.36. The lowest BCUT2D eigenvalue weighted by molar-refractivity contribution is 0.172. The number of hydrogen-bond acceptors (Lipinski definition) is 2. The third-order valence-electron chi connectivity index (χ3n) is 2.55. The van der Waals surface area contributed by atoms with E-state index in [-0.39, 0.29) is 5.56 Å². The van der Waals surface area contributed by atoms with Crippen LogP contribution in [0.1, 0.15) is 17.5 Å². The lowest BCUT2D eigenvalue weighted by atomic mass is 10.1. The molecular weight excluding hydrogens is 179 g/mol. The van der Waals surface area contributed by atoms with Crippen LogP contribution in [-0.4, -0.2) is 18.0 Å². The fourth-order valence-electron chi connectivity index (χ4n) is 1.61. The van der Waals surface area contributed by atoms with Gasteiger partial charge in [0.05, 0.1) is 5.56 Å². The molecule has 1 aliphatic rings. The first-order chi connectivity index (χ1) is 6.81. The summed E-state index contributed by atoms with van der Waals surface area (Å²) in [7, 11) is 0. The summed E-state index contributed by atoms with van der Waals surface area (Å²) in [6, 6.07) is 6.72. The molecule has 0 radical (unpaired) electrons. The van der Waals surface area contributed by atoms with Gasteiger partial charge in [-0.25, -0.2) is 4.39 Å². The molecule has 0 bridgehead atoms. The number of benzene rings is 1. The summed E-state index contributed by atoms with van der Waals surface area (Å²) in [5.74, 6) is -0.412. The molecule has 0 aromatic heterocycles. The quantitative estimate of drug-likeness (QED) is 0.712. The SMILES string of the molecule is N#Cc1c(F)cccc1CN1CCC1. The summed E-state index contributed by atoms with van der Waals surface area (Å²) in [6.45, 7) is 2.81. The molecule has 3 heteroatoms. The molecule has 1 heterocycles. The second kappa shape index (κ2) is 3.77. The highest BCUT2D eigenvalue weighted by Gasteiger charge is 2.16. The Kier molecular flexibility index (Phi) is 2.47. The van der Waals surface area contributed by atoms with Crippen molar-refractivity contribution in [2.75, 3.05) is 13.1 Å². The Labute approximate surface area is 82.6 Å². The molecule has 72 valence electrons. The largest absolute Gasteiger partial charge is 0.299 e. The smallest absolute Gasteiger partial charge is 0.141 e. The van der Waals surface area contributed by atoms with Crippen LogP contribution in [0.25, 0.3) is 0 Å². The van der Waals surface area contributed by atoms with Gasteiger partial charge in [-0.05, 0) is 31.1 Å². The summed E-state index contributed by atoms with van der Waals surface area (Å²) in [5.41, 5.74) is 0.992. The third-order valence-corrected chi connectivity index (χ3v) is 2.55. The number of nitrogens with zero attached hydrogens (tertiary/aromatic N) is 2. The molecule has 0 spiro atoms. The molecule has 0 saturated carbocycles. The maximum atomic E-state index is 13.2. The fraction of sp³-hybridized carbons (Fsp3) is 0.364. The van der Waals surface area contributed by atoms with Crippen LogP contribution in [0.5, 0.6) is 0 Å². The van der Waals surface area contributed by atoms with Crippen LogP contribution >= 0.6 is 0 Å². The highest BCUT2D eigenvalue weighted by Crippen LogP contribution is 2.17. The average Bonchev–Trinajstić information content (AvgIpc) is 2.11. The summed E-state index contributed by atoms with van der Waals surface area (Å²) in [4.78, 5) is 2.20. The molecule has 0 unspecified atom stereocenters. The van der Waals surface area contributed by atoms with Gasteiger partial charge in [-0.2, -0.15) is 5.26 Å². The Morgan fingerprint density at radius 2 is 2.21 bits per heavy atom. The minimum Gasteiger partial charge on any atom is -0.299 e. The van der Waals surface area contributed by atoms with Crippen LogP contribution in [0.4, 0.5) is 4.39 Å². The van der Waals surface area contributed by atoms with Gasteiger partial charge in [0, 0.05) is 6.54 Å². The van der Waals surface area contributed by atoms with E-state index in [9.17, 15) is 4.39 Å². The monoisotopic (exact) mass is 190 g/mol. The fourth-order valence-corrected chi connectivity index (χ4v) is 1.61. The topological polar surface area (TPSA) is 27.0 Å². The van der Waals surface area contributed by atoms with Crippen molar-refractivity contribution in [3.05, 3.63) is 35.1 Å². The normalized spacial score (nSPS) is 16.0. The highest BCUT2D eigenvalue weighted by molar-refractivity contribution is 5.38. The van der Waals surface area contributed by atoms with Crippen LogP contribution in [0.2, 0.25) is 0 Å². The van der Waals surface area contributed by atoms with Crippen LogP contribution in [-0.2, 0) is 6.54 Å². The van der Waals surface area contributed by atoms with Gasteiger partial charge in [0.25, 0.3) is 0 Å². The van der Waals surface area contributed by atoms with Crippen LogP contribution in [0, 0.1) is 17.1 Å². The average molecular weight is 190 g/mol. The zero-order valence-electron chi connectivity index (χ0n) is 7.83. The predicted octanol–water partition coefficient (Wildman–Crippen LogP) is 1.90. The zero-order chi connectivity index (χ0) is 9.97. The highest BCUT2D eigenvalue weighted by atomic mass is 19.1. The molecule has 0 N–H and O–H groups in total. The van der Waals surface area contributed by atoms with E-state index >= 15 is 0 Å². The second-order valence-electron chi connectivity index (χ2n) is 3.52.